The minimum absolute atomic E-state index is 0.181. The molecule has 5 nitrogen and oxygen atoms in total. The van der Waals surface area contributed by atoms with Crippen molar-refractivity contribution in [2.75, 3.05) is 4.72 Å². The van der Waals surface area contributed by atoms with Gasteiger partial charge in [0, 0.05) is 0 Å². The van der Waals surface area contributed by atoms with Gasteiger partial charge in [0.1, 0.15) is 12.4 Å². The number of anilines is 1. The van der Waals surface area contributed by atoms with Gasteiger partial charge in [-0.25, -0.2) is 0 Å². The first-order valence-corrected chi connectivity index (χ1v) is 8.41. The second-order valence-electron chi connectivity index (χ2n) is 5.13. The molecule has 0 atom stereocenters. The third kappa shape index (κ3) is 2.82. The quantitative estimate of drug-likeness (QED) is 0.909. The number of hydrogen-bond donors (Lipinski definition) is 2. The molecular formula is C15H17NO4S. The van der Waals surface area contributed by atoms with Crippen molar-refractivity contribution in [3.05, 3.63) is 47.2 Å². The number of rotatable bonds is 4. The average Bonchev–Trinajstić information content (AvgIpc) is 2.97. The molecular weight excluding hydrogens is 290 g/mol. The topological polar surface area (TPSA) is 79.5 Å². The molecule has 0 amide bonds. The highest BCUT2D eigenvalue weighted by Gasteiger charge is 2.21. The second kappa shape index (κ2) is 5.54. The summed E-state index contributed by atoms with van der Waals surface area (Å²) < 4.78 is 32.4. The summed E-state index contributed by atoms with van der Waals surface area (Å²) in [6, 6.07) is 8.49. The van der Waals surface area contributed by atoms with Crippen molar-refractivity contribution in [1.82, 2.24) is 0 Å². The van der Waals surface area contributed by atoms with Crippen LogP contribution in [-0.2, 0) is 29.5 Å². The maximum absolute atomic E-state index is 12.3. The van der Waals surface area contributed by atoms with E-state index in [0.717, 1.165) is 31.2 Å². The Morgan fingerprint density at radius 3 is 2.71 bits per heavy atom. The Morgan fingerprint density at radius 2 is 1.95 bits per heavy atom. The fourth-order valence-corrected chi connectivity index (χ4v) is 3.70. The van der Waals surface area contributed by atoms with E-state index in [-0.39, 0.29) is 17.5 Å². The van der Waals surface area contributed by atoms with Crippen LogP contribution in [0.25, 0.3) is 0 Å². The first kappa shape index (κ1) is 14.2. The van der Waals surface area contributed by atoms with E-state index in [1.165, 1.54) is 17.7 Å². The van der Waals surface area contributed by atoms with Crippen LogP contribution in [0.2, 0.25) is 0 Å². The van der Waals surface area contributed by atoms with Gasteiger partial charge in [-0.2, -0.15) is 8.42 Å². The van der Waals surface area contributed by atoms with Gasteiger partial charge in [-0.05, 0) is 55.0 Å². The Balaban J connectivity index is 1.92. The lowest BCUT2D eigenvalue weighted by Crippen LogP contribution is -2.15. The number of aryl methyl sites for hydroxylation is 1. The number of aliphatic hydroxyl groups excluding tert-OH is 1. The molecule has 6 heteroatoms. The Hall–Kier alpha value is -1.79. The van der Waals surface area contributed by atoms with Gasteiger partial charge in [0.2, 0.25) is 5.09 Å². The number of furan rings is 1. The molecule has 2 aromatic rings. The zero-order chi connectivity index (χ0) is 14.9. The lowest BCUT2D eigenvalue weighted by molar-refractivity contribution is 0.236. The largest absolute Gasteiger partial charge is 0.445 e. The van der Waals surface area contributed by atoms with E-state index in [1.54, 1.807) is 6.07 Å². The zero-order valence-electron chi connectivity index (χ0n) is 11.5. The lowest BCUT2D eigenvalue weighted by atomic mass is 9.91. The van der Waals surface area contributed by atoms with E-state index < -0.39 is 10.0 Å². The molecule has 3 rings (SSSR count). The van der Waals surface area contributed by atoms with E-state index >= 15 is 0 Å². The van der Waals surface area contributed by atoms with Crippen molar-refractivity contribution in [2.45, 2.75) is 37.4 Å². The zero-order valence-corrected chi connectivity index (χ0v) is 12.3. The van der Waals surface area contributed by atoms with Crippen molar-refractivity contribution in [3.63, 3.8) is 0 Å². The van der Waals surface area contributed by atoms with Crippen molar-refractivity contribution in [2.24, 2.45) is 0 Å². The molecule has 0 radical (unpaired) electrons. The summed E-state index contributed by atoms with van der Waals surface area (Å²) >= 11 is 0. The highest BCUT2D eigenvalue weighted by molar-refractivity contribution is 7.92. The predicted octanol–water partition coefficient (Wildman–Crippen LogP) is 2.45. The molecule has 112 valence electrons. The van der Waals surface area contributed by atoms with E-state index in [2.05, 4.69) is 4.72 Å². The molecule has 1 aromatic carbocycles. The van der Waals surface area contributed by atoms with Gasteiger partial charge in [-0.1, -0.05) is 12.1 Å². The first-order chi connectivity index (χ1) is 10.1. The normalized spacial score (nSPS) is 14.7. The van der Waals surface area contributed by atoms with Crippen LogP contribution in [0.3, 0.4) is 0 Å². The minimum Gasteiger partial charge on any atom is -0.445 e. The Bertz CT molecular complexity index is 749. The van der Waals surface area contributed by atoms with E-state index in [9.17, 15) is 8.42 Å². The molecule has 1 heterocycles. The smallest absolute Gasteiger partial charge is 0.295 e. The Labute approximate surface area is 123 Å². The van der Waals surface area contributed by atoms with Crippen LogP contribution in [0.5, 0.6) is 0 Å². The monoisotopic (exact) mass is 307 g/mol. The summed E-state index contributed by atoms with van der Waals surface area (Å²) in [7, 11) is -3.76. The van der Waals surface area contributed by atoms with Crippen molar-refractivity contribution in [3.8, 4) is 0 Å². The maximum atomic E-state index is 12.3. The highest BCUT2D eigenvalue weighted by Crippen LogP contribution is 2.29. The maximum Gasteiger partial charge on any atom is 0.295 e. The molecule has 0 aliphatic heterocycles. The van der Waals surface area contributed by atoms with Gasteiger partial charge in [0.05, 0.1) is 5.69 Å². The standard InChI is InChI=1S/C15H17NO4S/c17-10-12-8-9-15(20-12)21(18,19)16-14-7-3-5-11-4-1-2-6-13(11)14/h3,5,7-9,16-17H,1-2,4,6,10H2. The third-order valence-corrected chi connectivity index (χ3v) is 4.94. The molecule has 1 aliphatic carbocycles. The summed E-state index contributed by atoms with van der Waals surface area (Å²) in [5.41, 5.74) is 2.90. The van der Waals surface area contributed by atoms with Gasteiger partial charge in [0.25, 0.3) is 10.0 Å². The third-order valence-electron chi connectivity index (χ3n) is 3.70. The van der Waals surface area contributed by atoms with Crippen molar-refractivity contribution in [1.29, 1.82) is 0 Å². The predicted molar refractivity (Wildman–Crippen MR) is 78.5 cm³/mol. The van der Waals surface area contributed by atoms with Crippen LogP contribution in [0.4, 0.5) is 5.69 Å². The van der Waals surface area contributed by atoms with Gasteiger partial charge in [-0.3, -0.25) is 4.72 Å². The van der Waals surface area contributed by atoms with Crippen LogP contribution in [0, 0.1) is 0 Å². The minimum atomic E-state index is -3.76. The first-order valence-electron chi connectivity index (χ1n) is 6.93. The Morgan fingerprint density at radius 1 is 1.14 bits per heavy atom. The van der Waals surface area contributed by atoms with E-state index in [4.69, 9.17) is 9.52 Å². The van der Waals surface area contributed by atoms with Crippen LogP contribution >= 0.6 is 0 Å². The number of nitrogens with one attached hydrogen (secondary N) is 1. The summed E-state index contributed by atoms with van der Waals surface area (Å²) in [5, 5.41) is 8.77. The average molecular weight is 307 g/mol. The fourth-order valence-electron chi connectivity index (χ4n) is 2.66. The molecule has 0 saturated heterocycles. The number of hydrogen-bond acceptors (Lipinski definition) is 4. The van der Waals surface area contributed by atoms with Crippen molar-refractivity contribution < 1.29 is 17.9 Å². The number of sulfonamides is 1. The SMILES string of the molecule is O=S(=O)(Nc1cccc2c1CCCC2)c1ccc(CO)o1. The molecule has 0 saturated carbocycles. The lowest BCUT2D eigenvalue weighted by Gasteiger charge is -2.19. The molecule has 2 N–H and O–H groups in total. The van der Waals surface area contributed by atoms with E-state index in [0.29, 0.717) is 5.69 Å². The van der Waals surface area contributed by atoms with Crippen LogP contribution in [0.1, 0.15) is 29.7 Å². The van der Waals surface area contributed by atoms with Crippen LogP contribution in [-0.4, -0.2) is 13.5 Å². The number of fused-ring (bicyclic) bond motifs is 1. The summed E-state index contributed by atoms with van der Waals surface area (Å²) in [6.45, 7) is -0.323. The summed E-state index contributed by atoms with van der Waals surface area (Å²) in [6.07, 6.45) is 4.08. The van der Waals surface area contributed by atoms with Crippen molar-refractivity contribution >= 4 is 15.7 Å². The molecule has 0 fully saturated rings. The van der Waals surface area contributed by atoms with Crippen LogP contribution in [0.15, 0.2) is 39.8 Å². The highest BCUT2D eigenvalue weighted by atomic mass is 32.2. The number of benzene rings is 1. The fraction of sp³-hybridized carbons (Fsp3) is 0.333. The second-order valence-corrected chi connectivity index (χ2v) is 6.75. The van der Waals surface area contributed by atoms with Crippen LogP contribution < -0.4 is 4.72 Å². The van der Waals surface area contributed by atoms with Gasteiger partial charge in [0.15, 0.2) is 0 Å². The summed E-state index contributed by atoms with van der Waals surface area (Å²) in [4.78, 5) is 0. The Kier molecular flexibility index (Phi) is 3.73. The van der Waals surface area contributed by atoms with Gasteiger partial charge >= 0.3 is 0 Å². The number of aliphatic hydroxyl groups is 1. The summed E-state index contributed by atoms with van der Waals surface area (Å²) in [5.74, 6) is 0.227. The molecule has 0 spiro atoms. The van der Waals surface area contributed by atoms with Gasteiger partial charge in [-0.15, -0.1) is 0 Å². The molecule has 1 aliphatic rings. The molecule has 1 aromatic heterocycles. The molecule has 0 unspecified atom stereocenters. The van der Waals surface area contributed by atoms with E-state index in [1.807, 2.05) is 12.1 Å². The van der Waals surface area contributed by atoms with Gasteiger partial charge < -0.3 is 9.52 Å². The molecule has 21 heavy (non-hydrogen) atoms. The molecule has 0 bridgehead atoms.